The van der Waals surface area contributed by atoms with Gasteiger partial charge in [0, 0.05) is 44.4 Å². The van der Waals surface area contributed by atoms with E-state index >= 15 is 0 Å². The Labute approximate surface area is 351 Å². The van der Waals surface area contributed by atoms with Crippen LogP contribution in [0.5, 0.6) is 0 Å². The summed E-state index contributed by atoms with van der Waals surface area (Å²) < 4.78 is 72.6. The van der Waals surface area contributed by atoms with E-state index in [0.717, 1.165) is 10.8 Å². The highest BCUT2D eigenvalue weighted by atomic mass is 79.9. The third-order valence-corrected chi connectivity index (χ3v) is 13.3. The number of sulfonamides is 2. The van der Waals surface area contributed by atoms with Crippen molar-refractivity contribution in [1.82, 2.24) is 17.7 Å². The molecule has 17 nitrogen and oxygen atoms in total. The second-order valence-corrected chi connectivity index (χ2v) is 18.0. The molecule has 0 spiro atoms. The molecule has 59 heavy (non-hydrogen) atoms. The van der Waals surface area contributed by atoms with Gasteiger partial charge < -0.3 is 19.3 Å². The topological polar surface area (TPSA) is 218 Å². The molecule has 322 valence electrons. The zero-order valence-corrected chi connectivity index (χ0v) is 36.4. The maximum atomic E-state index is 13.7. The molecule has 0 aliphatic carbocycles. The number of carbonyl (C=O) groups excluding carboxylic acids is 3. The van der Waals surface area contributed by atoms with Crippen LogP contribution in [-0.4, -0.2) is 109 Å². The fourth-order valence-electron chi connectivity index (χ4n) is 6.28. The Bertz CT molecular complexity index is 2320. The number of benzene rings is 2. The normalized spacial score (nSPS) is 17.2. The molecule has 0 radical (unpaired) electrons. The van der Waals surface area contributed by atoms with E-state index in [9.17, 15) is 45.9 Å². The maximum Gasteiger partial charge on any atom is 0.344 e. The van der Waals surface area contributed by atoms with E-state index in [1.807, 2.05) is 27.7 Å². The molecule has 1 aromatic heterocycles. The first-order valence-corrected chi connectivity index (χ1v) is 22.9. The molecule has 2 aromatic carbocycles. The average molecular weight is 926 g/mol. The van der Waals surface area contributed by atoms with Crippen molar-refractivity contribution in [3.8, 4) is 0 Å². The molecule has 1 fully saturated rings. The molecule has 3 aromatic rings. The monoisotopic (exact) mass is 924 g/mol. The Hall–Kier alpha value is -4.31. The van der Waals surface area contributed by atoms with Gasteiger partial charge in [-0.25, -0.2) is 31.2 Å². The summed E-state index contributed by atoms with van der Waals surface area (Å²) >= 11 is 3.09. The Morgan fingerprint density at radius 1 is 0.814 bits per heavy atom. The first-order valence-electron chi connectivity index (χ1n) is 19.1. The van der Waals surface area contributed by atoms with Crippen molar-refractivity contribution < 1.29 is 50.5 Å². The van der Waals surface area contributed by atoms with Crippen LogP contribution in [0.25, 0.3) is 6.08 Å². The lowest BCUT2D eigenvalue weighted by atomic mass is 10.2. The summed E-state index contributed by atoms with van der Waals surface area (Å²) in [5.74, 6) is -2.94. The molecule has 4 rings (SSSR count). The molecule has 1 aliphatic heterocycles. The lowest BCUT2D eigenvalue weighted by Crippen LogP contribution is -2.45. The number of ether oxygens (including phenoxy) is 3. The fourth-order valence-corrected chi connectivity index (χ4v) is 9.81. The Morgan fingerprint density at radius 3 is 1.78 bits per heavy atom. The van der Waals surface area contributed by atoms with Crippen LogP contribution in [0.3, 0.4) is 0 Å². The predicted octanol–water partition coefficient (Wildman–Crippen LogP) is 3.73. The van der Waals surface area contributed by atoms with Crippen LogP contribution < -0.4 is 11.2 Å². The SMILES string of the molecule is CCCN(CCC)S(=O)(=O)c1ccc(C(=O)OCC(=O)OC[C@@H]2O[C@H](n3cc(/C=C/Br)c(=O)n(C(=O)c4ccc(S(=O)(=O)N(CCC)CCC)cc4)c3=O)CC2O)cc1. The summed E-state index contributed by atoms with van der Waals surface area (Å²) in [5.41, 5.74) is -2.32. The van der Waals surface area contributed by atoms with Gasteiger partial charge in [-0.3, -0.25) is 14.2 Å². The number of aliphatic hydroxyl groups is 1. The van der Waals surface area contributed by atoms with E-state index in [1.54, 1.807) is 0 Å². The summed E-state index contributed by atoms with van der Waals surface area (Å²) in [6, 6.07) is 10.0. The maximum absolute atomic E-state index is 13.7. The van der Waals surface area contributed by atoms with Crippen molar-refractivity contribution in [2.24, 2.45) is 0 Å². The van der Waals surface area contributed by atoms with Gasteiger partial charge in [0.05, 0.1) is 27.0 Å². The number of aliphatic hydroxyl groups excluding tert-OH is 1. The van der Waals surface area contributed by atoms with Gasteiger partial charge in [0.15, 0.2) is 6.61 Å². The highest BCUT2D eigenvalue weighted by molar-refractivity contribution is 9.11. The average Bonchev–Trinajstić information content (AvgIpc) is 3.59. The van der Waals surface area contributed by atoms with Crippen molar-refractivity contribution in [2.45, 2.75) is 88.0 Å². The molecule has 3 atom stereocenters. The number of rotatable bonds is 20. The van der Waals surface area contributed by atoms with E-state index in [1.165, 1.54) is 68.2 Å². The van der Waals surface area contributed by atoms with Gasteiger partial charge in [0.1, 0.15) is 18.9 Å². The van der Waals surface area contributed by atoms with Crippen molar-refractivity contribution >= 4 is 59.9 Å². The van der Waals surface area contributed by atoms with Gasteiger partial charge in [-0.2, -0.15) is 13.2 Å². The molecule has 1 saturated heterocycles. The lowest BCUT2D eigenvalue weighted by Gasteiger charge is -2.21. The Morgan fingerprint density at radius 2 is 1.31 bits per heavy atom. The second kappa shape index (κ2) is 21.3. The summed E-state index contributed by atoms with van der Waals surface area (Å²) in [4.78, 5) is 67.2. The highest BCUT2D eigenvalue weighted by Crippen LogP contribution is 2.28. The van der Waals surface area contributed by atoms with E-state index in [2.05, 4.69) is 15.9 Å². The van der Waals surface area contributed by atoms with E-state index in [0.29, 0.717) is 56.4 Å². The van der Waals surface area contributed by atoms with Gasteiger partial charge in [0.2, 0.25) is 20.0 Å². The standard InChI is InChI=1S/C39H49BrN4O13S2/c1-5-19-41(20-6-2)58(51,52)30-13-9-27(10-14-30)36(47)44-37(48)29(17-18-40)24-43(39(44)50)34-23-32(45)33(57-34)25-55-35(46)26-56-38(49)28-11-15-31(16-12-28)59(53,54)42(21-7-3)22-8-4/h9-18,24,32-34,45H,5-8,19-23,25-26H2,1-4H3/b18-17+/t32?,33-,34-/m0/s1. The number of hydrogen-bond donors (Lipinski definition) is 1. The zero-order chi connectivity index (χ0) is 43.5. The van der Waals surface area contributed by atoms with Gasteiger partial charge >= 0.3 is 17.6 Å². The van der Waals surface area contributed by atoms with Crippen LogP contribution in [0.15, 0.2) is 79.1 Å². The summed E-state index contributed by atoms with van der Waals surface area (Å²) in [6.07, 6.45) is 1.04. The van der Waals surface area contributed by atoms with E-state index < -0.39 is 80.8 Å². The van der Waals surface area contributed by atoms with Gasteiger partial charge in [-0.1, -0.05) is 43.6 Å². The first kappa shape index (κ1) is 47.4. The second-order valence-electron chi connectivity index (χ2n) is 13.6. The summed E-state index contributed by atoms with van der Waals surface area (Å²) in [6.45, 7) is 7.44. The minimum absolute atomic E-state index is 0.00262. The molecule has 0 saturated carbocycles. The lowest BCUT2D eigenvalue weighted by molar-refractivity contribution is -0.153. The minimum atomic E-state index is -3.87. The van der Waals surface area contributed by atoms with Crippen LogP contribution in [0.4, 0.5) is 0 Å². The van der Waals surface area contributed by atoms with Gasteiger partial charge in [-0.05, 0) is 85.3 Å². The molecular formula is C39H49BrN4O13S2. The zero-order valence-electron chi connectivity index (χ0n) is 33.2. The van der Waals surface area contributed by atoms with Crippen LogP contribution >= 0.6 is 15.9 Å². The summed E-state index contributed by atoms with van der Waals surface area (Å²) in [5, 5.41) is 10.8. The number of halogens is 1. The fraction of sp³-hybridized carbons (Fsp3) is 0.462. The highest BCUT2D eigenvalue weighted by Gasteiger charge is 2.37. The van der Waals surface area contributed by atoms with E-state index in [-0.39, 0.29) is 32.9 Å². The molecular weight excluding hydrogens is 876 g/mol. The first-order chi connectivity index (χ1) is 28.0. The number of hydrogen-bond acceptors (Lipinski definition) is 13. The molecule has 2 heterocycles. The van der Waals surface area contributed by atoms with Crippen LogP contribution in [0.1, 0.15) is 92.3 Å². The molecule has 20 heteroatoms. The number of nitrogens with zero attached hydrogens (tertiary/aromatic N) is 4. The Kier molecular flexibility index (Phi) is 17.1. The molecule has 1 N–H and O–H groups in total. The van der Waals surface area contributed by atoms with Crippen LogP contribution in [0.2, 0.25) is 0 Å². The Balaban J connectivity index is 1.43. The van der Waals surface area contributed by atoms with Gasteiger partial charge in [0.25, 0.3) is 11.5 Å². The number of carbonyl (C=O) groups is 3. The molecule has 1 aliphatic rings. The summed E-state index contributed by atoms with van der Waals surface area (Å²) in [7, 11) is -7.64. The number of esters is 2. The van der Waals surface area contributed by atoms with Crippen LogP contribution in [0, 0.1) is 0 Å². The predicted molar refractivity (Wildman–Crippen MR) is 220 cm³/mol. The molecule has 0 bridgehead atoms. The number of aromatic nitrogens is 2. The van der Waals surface area contributed by atoms with Crippen molar-refractivity contribution in [3.05, 3.63) is 97.2 Å². The van der Waals surface area contributed by atoms with E-state index in [4.69, 9.17) is 14.2 Å². The third kappa shape index (κ3) is 11.3. The van der Waals surface area contributed by atoms with Crippen molar-refractivity contribution in [3.63, 3.8) is 0 Å². The van der Waals surface area contributed by atoms with Crippen LogP contribution in [-0.2, 0) is 39.1 Å². The smallest absolute Gasteiger partial charge is 0.344 e. The molecule has 1 unspecified atom stereocenters. The van der Waals surface area contributed by atoms with Crippen molar-refractivity contribution in [1.29, 1.82) is 0 Å². The minimum Gasteiger partial charge on any atom is -0.460 e. The quantitative estimate of drug-likeness (QED) is 0.160. The molecule has 0 amide bonds. The van der Waals surface area contributed by atoms with Crippen molar-refractivity contribution in [2.75, 3.05) is 39.4 Å². The van der Waals surface area contributed by atoms with Gasteiger partial charge in [-0.15, -0.1) is 0 Å². The largest absolute Gasteiger partial charge is 0.460 e. The third-order valence-electron chi connectivity index (χ3n) is 9.19.